The van der Waals surface area contributed by atoms with Gasteiger partial charge in [-0.1, -0.05) is 61.4 Å². The van der Waals surface area contributed by atoms with Gasteiger partial charge in [0.15, 0.2) is 11.5 Å². The molecule has 3 aromatic rings. The van der Waals surface area contributed by atoms with Crippen LogP contribution in [0.4, 0.5) is 11.5 Å². The van der Waals surface area contributed by atoms with Crippen molar-refractivity contribution in [3.8, 4) is 0 Å². The minimum Gasteiger partial charge on any atom is -0.383 e. The molecule has 0 spiro atoms. The summed E-state index contributed by atoms with van der Waals surface area (Å²) in [6.07, 6.45) is 5.52. The van der Waals surface area contributed by atoms with Gasteiger partial charge in [-0.15, -0.1) is 10.2 Å². The van der Waals surface area contributed by atoms with Gasteiger partial charge in [0.25, 0.3) is 5.56 Å². The van der Waals surface area contributed by atoms with Crippen LogP contribution in [0.5, 0.6) is 0 Å². The van der Waals surface area contributed by atoms with Crippen LogP contribution in [0.15, 0.2) is 45.1 Å². The number of ether oxygens (including phenoxy) is 1. The number of benzene rings is 1. The highest BCUT2D eigenvalue weighted by Gasteiger charge is 2.26. The number of anilines is 2. The van der Waals surface area contributed by atoms with Gasteiger partial charge in [-0.25, -0.2) is 9.47 Å². The number of amides is 1. The van der Waals surface area contributed by atoms with Crippen LogP contribution in [0.2, 0.25) is 0 Å². The number of aromatic nitrogens is 5. The first-order valence-corrected chi connectivity index (χ1v) is 13.2. The van der Waals surface area contributed by atoms with Crippen molar-refractivity contribution in [2.75, 3.05) is 42.5 Å². The maximum atomic E-state index is 13.4. The van der Waals surface area contributed by atoms with E-state index in [0.717, 1.165) is 48.8 Å². The molecule has 1 aromatic carbocycles. The van der Waals surface area contributed by atoms with Crippen LogP contribution in [0.25, 0.3) is 0 Å². The van der Waals surface area contributed by atoms with Crippen LogP contribution in [-0.4, -0.2) is 56.3 Å². The number of nitrogens with one attached hydrogen (secondary N) is 1. The summed E-state index contributed by atoms with van der Waals surface area (Å²) in [6, 6.07) is 9.21. The molecule has 1 fully saturated rings. The predicted molar refractivity (Wildman–Crippen MR) is 142 cm³/mol. The van der Waals surface area contributed by atoms with Crippen LogP contribution in [0.1, 0.15) is 49.4 Å². The molecule has 1 saturated carbocycles. The Morgan fingerprint density at radius 2 is 1.92 bits per heavy atom. The quantitative estimate of drug-likeness (QED) is 0.259. The summed E-state index contributed by atoms with van der Waals surface area (Å²) in [5.41, 5.74) is 5.62. The van der Waals surface area contributed by atoms with Crippen molar-refractivity contribution in [2.45, 2.75) is 49.7 Å². The van der Waals surface area contributed by atoms with E-state index in [1.165, 1.54) is 27.7 Å². The van der Waals surface area contributed by atoms with Gasteiger partial charge in [-0.2, -0.15) is 0 Å². The second-order valence-corrected chi connectivity index (χ2v) is 9.88. The molecule has 0 unspecified atom stereocenters. The summed E-state index contributed by atoms with van der Waals surface area (Å²) in [5, 5.41) is 8.86. The first-order chi connectivity index (χ1) is 17.9. The van der Waals surface area contributed by atoms with Gasteiger partial charge in [0.05, 0.1) is 18.9 Å². The molecule has 13 heteroatoms. The largest absolute Gasteiger partial charge is 0.383 e. The van der Waals surface area contributed by atoms with Crippen LogP contribution in [0, 0.1) is 0 Å². The molecule has 0 aliphatic heterocycles. The van der Waals surface area contributed by atoms with Crippen molar-refractivity contribution < 1.29 is 9.53 Å². The van der Waals surface area contributed by atoms with Crippen molar-refractivity contribution in [1.82, 2.24) is 24.4 Å². The normalized spacial score (nSPS) is 14.1. The van der Waals surface area contributed by atoms with Gasteiger partial charge in [0.2, 0.25) is 11.1 Å². The zero-order valence-corrected chi connectivity index (χ0v) is 21.6. The van der Waals surface area contributed by atoms with Crippen LogP contribution in [0.3, 0.4) is 0 Å². The van der Waals surface area contributed by atoms with Crippen LogP contribution >= 0.6 is 11.8 Å². The molecule has 12 nitrogen and oxygen atoms in total. The third-order valence-electron chi connectivity index (χ3n) is 6.47. The van der Waals surface area contributed by atoms with Crippen LogP contribution < -0.4 is 27.7 Å². The van der Waals surface area contributed by atoms with E-state index in [2.05, 4.69) is 15.2 Å². The molecule has 0 atom stereocenters. The Kier molecular flexibility index (Phi) is 8.66. The summed E-state index contributed by atoms with van der Waals surface area (Å²) in [4.78, 5) is 42.3. The topological polar surface area (TPSA) is 167 Å². The number of carbonyl (C=O) groups is 1. The molecular weight excluding hydrogens is 496 g/mol. The maximum Gasteiger partial charge on any atom is 0.330 e. The van der Waals surface area contributed by atoms with Gasteiger partial charge >= 0.3 is 5.69 Å². The zero-order chi connectivity index (χ0) is 26.4. The number of carbonyl (C=O) groups excluding carboxylic acids is 1. The molecule has 4 rings (SSSR count). The highest BCUT2D eigenvalue weighted by atomic mass is 32.2. The second kappa shape index (κ2) is 12.1. The smallest absolute Gasteiger partial charge is 0.330 e. The summed E-state index contributed by atoms with van der Waals surface area (Å²) >= 11 is 1.13. The molecule has 5 N–H and O–H groups in total. The Balaban J connectivity index is 1.57. The van der Waals surface area contributed by atoms with Gasteiger partial charge < -0.3 is 21.2 Å². The fourth-order valence-electron chi connectivity index (χ4n) is 4.54. The number of aromatic amines is 1. The molecule has 1 aliphatic carbocycles. The Bertz CT molecular complexity index is 1330. The minimum atomic E-state index is -0.747. The Morgan fingerprint density at radius 1 is 1.19 bits per heavy atom. The summed E-state index contributed by atoms with van der Waals surface area (Å²) in [5.74, 6) is 6.66. The number of rotatable bonds is 10. The number of hydrogen-bond acceptors (Lipinski definition) is 9. The third kappa shape index (κ3) is 6.05. The number of nitrogens with two attached hydrogens (primary N) is 2. The fourth-order valence-corrected chi connectivity index (χ4v) is 5.27. The Morgan fingerprint density at radius 3 is 2.62 bits per heavy atom. The summed E-state index contributed by atoms with van der Waals surface area (Å²) in [6.45, 7) is 0.359. The third-order valence-corrected chi connectivity index (χ3v) is 7.40. The number of H-pyrrole nitrogens is 1. The molecule has 0 saturated heterocycles. The van der Waals surface area contributed by atoms with Gasteiger partial charge in [-0.05, 0) is 18.4 Å². The molecule has 1 amide bonds. The lowest BCUT2D eigenvalue weighted by Gasteiger charge is -2.24. The van der Waals surface area contributed by atoms with Gasteiger partial charge in [-0.3, -0.25) is 19.1 Å². The minimum absolute atomic E-state index is 0.0648. The lowest BCUT2D eigenvalue weighted by molar-refractivity contribution is -0.116. The highest BCUT2D eigenvalue weighted by Crippen LogP contribution is 2.32. The van der Waals surface area contributed by atoms with E-state index in [-0.39, 0.29) is 42.9 Å². The predicted octanol–water partition coefficient (Wildman–Crippen LogP) is 1.29. The fraction of sp³-hybridized carbons (Fsp3) is 0.458. The number of hydrogen-bond donors (Lipinski definition) is 3. The van der Waals surface area contributed by atoms with E-state index in [0.29, 0.717) is 5.16 Å². The van der Waals surface area contributed by atoms with Gasteiger partial charge in [0.1, 0.15) is 5.82 Å². The lowest BCUT2D eigenvalue weighted by Crippen LogP contribution is -2.43. The maximum absolute atomic E-state index is 13.4. The van der Waals surface area contributed by atoms with E-state index in [9.17, 15) is 14.4 Å². The standard InChI is InChI=1S/C24H32N8O4S/c1-36-13-12-30(18(33)15-37-24-29-28-21(32(24)26)17-10-6-3-7-11-17)19-20(25)31(23(35)27-22(19)34)14-16-8-4-2-5-9-16/h2,4-5,8-9,17H,3,6-7,10-15,25-26H2,1H3,(H,27,34,35). The zero-order valence-electron chi connectivity index (χ0n) is 20.8. The van der Waals surface area contributed by atoms with Crippen molar-refractivity contribution >= 4 is 29.2 Å². The SMILES string of the molecule is COCCN(C(=O)CSc1nnc(C2CCCCC2)n1N)c1c(N)n(Cc2ccccc2)c(=O)[nH]c1=O. The molecule has 0 radical (unpaired) electrons. The van der Waals surface area contributed by atoms with E-state index in [1.54, 1.807) is 0 Å². The molecule has 2 heterocycles. The van der Waals surface area contributed by atoms with E-state index >= 15 is 0 Å². The number of nitrogen functional groups attached to an aromatic ring is 2. The first kappa shape index (κ1) is 26.5. The van der Waals surface area contributed by atoms with E-state index in [1.807, 2.05) is 30.3 Å². The average Bonchev–Trinajstić information content (AvgIpc) is 3.28. The van der Waals surface area contributed by atoms with Crippen molar-refractivity contribution in [3.05, 3.63) is 62.6 Å². The number of methoxy groups -OCH3 is 1. The van der Waals surface area contributed by atoms with Crippen molar-refractivity contribution in [2.24, 2.45) is 0 Å². The highest BCUT2D eigenvalue weighted by molar-refractivity contribution is 7.99. The molecule has 2 aromatic heterocycles. The number of nitrogens with zero attached hydrogens (tertiary/aromatic N) is 5. The lowest BCUT2D eigenvalue weighted by atomic mass is 9.89. The Hall–Kier alpha value is -3.58. The first-order valence-electron chi connectivity index (χ1n) is 12.2. The molecule has 0 bridgehead atoms. The Labute approximate surface area is 218 Å². The molecule has 198 valence electrons. The van der Waals surface area contributed by atoms with Crippen molar-refractivity contribution in [3.63, 3.8) is 0 Å². The summed E-state index contributed by atoms with van der Waals surface area (Å²) < 4.78 is 7.85. The van der Waals surface area contributed by atoms with E-state index in [4.69, 9.17) is 16.3 Å². The molecular formula is C24H32N8O4S. The van der Waals surface area contributed by atoms with Crippen molar-refractivity contribution in [1.29, 1.82) is 0 Å². The molecule has 37 heavy (non-hydrogen) atoms. The van der Waals surface area contributed by atoms with Crippen LogP contribution in [-0.2, 0) is 16.1 Å². The van der Waals surface area contributed by atoms with Gasteiger partial charge in [0, 0.05) is 19.6 Å². The molecule has 1 aliphatic rings. The number of thioether (sulfide) groups is 1. The average molecular weight is 529 g/mol. The van der Waals surface area contributed by atoms with E-state index < -0.39 is 17.2 Å². The second-order valence-electron chi connectivity index (χ2n) is 8.94. The monoisotopic (exact) mass is 528 g/mol. The summed E-state index contributed by atoms with van der Waals surface area (Å²) in [7, 11) is 1.49.